The third kappa shape index (κ3) is 2.54. The molecule has 124 valence electrons. The summed E-state index contributed by atoms with van der Waals surface area (Å²) in [7, 11) is 0. The van der Waals surface area contributed by atoms with Crippen LogP contribution in [0.5, 0.6) is 0 Å². The fourth-order valence-corrected chi connectivity index (χ4v) is 3.29. The van der Waals surface area contributed by atoms with Crippen LogP contribution in [0.3, 0.4) is 0 Å². The lowest BCUT2D eigenvalue weighted by atomic mass is 10.00. The van der Waals surface area contributed by atoms with Crippen LogP contribution in [-0.4, -0.2) is 9.55 Å². The van der Waals surface area contributed by atoms with Crippen molar-refractivity contribution in [2.75, 3.05) is 0 Å². The number of hydrogen-bond donors (Lipinski definition) is 1. The fraction of sp³-hybridized carbons (Fsp3) is 0.150. The van der Waals surface area contributed by atoms with Gasteiger partial charge in [-0.3, -0.25) is 9.78 Å². The molecule has 0 unspecified atom stereocenters. The second-order valence-electron chi connectivity index (χ2n) is 6.09. The standard InChI is InChI=1S/C20H17N3O2/c1-2-11-23-18-17(19(24)22-20(23)25)16(9-10-21-18)15-8-7-13-5-3-4-6-14(13)12-15/h3-10,12H,2,11H2,1H3,(H,22,24,25)/p+1. The van der Waals surface area contributed by atoms with E-state index in [2.05, 4.69) is 22.1 Å². The quantitative estimate of drug-likeness (QED) is 0.627. The molecule has 0 aliphatic heterocycles. The van der Waals surface area contributed by atoms with E-state index in [-0.39, 0.29) is 11.2 Å². The number of nitrogens with one attached hydrogen (secondary N) is 2. The number of benzene rings is 2. The highest BCUT2D eigenvalue weighted by Gasteiger charge is 2.18. The van der Waals surface area contributed by atoms with E-state index in [1.807, 2.05) is 43.3 Å². The summed E-state index contributed by atoms with van der Waals surface area (Å²) in [6.07, 6.45) is 2.58. The molecule has 2 aromatic carbocycles. The SMILES string of the molecule is CCCn1c(=O)[nH]c(=O)c2c(-c3ccc4ccccc4c3)cc[nH+]c21. The summed E-state index contributed by atoms with van der Waals surface area (Å²) in [4.78, 5) is 30.2. The van der Waals surface area contributed by atoms with E-state index >= 15 is 0 Å². The molecule has 0 aliphatic carbocycles. The van der Waals surface area contributed by atoms with Crippen molar-refractivity contribution in [2.24, 2.45) is 0 Å². The first-order valence-electron chi connectivity index (χ1n) is 8.35. The van der Waals surface area contributed by atoms with Crippen molar-refractivity contribution in [3.05, 3.63) is 75.6 Å². The smallest absolute Gasteiger partial charge is 0.268 e. The molecule has 25 heavy (non-hydrogen) atoms. The predicted molar refractivity (Wildman–Crippen MR) is 98.6 cm³/mol. The number of pyridine rings is 1. The number of rotatable bonds is 3. The Hall–Kier alpha value is -3.21. The molecule has 4 aromatic rings. The first-order chi connectivity index (χ1) is 12.2. The van der Waals surface area contributed by atoms with Crippen LogP contribution in [0.4, 0.5) is 0 Å². The Balaban J connectivity index is 2.06. The summed E-state index contributed by atoms with van der Waals surface area (Å²) in [5.41, 5.74) is 1.57. The molecule has 0 fully saturated rings. The minimum absolute atomic E-state index is 0.368. The van der Waals surface area contributed by atoms with Crippen LogP contribution in [-0.2, 0) is 6.54 Å². The lowest BCUT2D eigenvalue weighted by Gasteiger charge is -2.07. The lowest BCUT2D eigenvalue weighted by molar-refractivity contribution is -0.349. The molecular weight excluding hydrogens is 314 g/mol. The highest BCUT2D eigenvalue weighted by molar-refractivity contribution is 5.94. The molecule has 2 N–H and O–H groups in total. The zero-order chi connectivity index (χ0) is 17.4. The van der Waals surface area contributed by atoms with Crippen molar-refractivity contribution in [1.29, 1.82) is 0 Å². The molecule has 0 bridgehead atoms. The van der Waals surface area contributed by atoms with Gasteiger partial charge in [-0.2, -0.15) is 4.57 Å². The van der Waals surface area contributed by atoms with Gasteiger partial charge in [0.25, 0.3) is 11.2 Å². The largest absolute Gasteiger partial charge is 0.415 e. The van der Waals surface area contributed by atoms with Crippen molar-refractivity contribution < 1.29 is 4.98 Å². The number of hydrogen-bond acceptors (Lipinski definition) is 2. The van der Waals surface area contributed by atoms with Gasteiger partial charge in [-0.15, -0.1) is 0 Å². The zero-order valence-electron chi connectivity index (χ0n) is 13.9. The molecule has 0 spiro atoms. The highest BCUT2D eigenvalue weighted by atomic mass is 16.2. The van der Waals surface area contributed by atoms with E-state index < -0.39 is 0 Å². The molecule has 0 aliphatic rings. The number of aryl methyl sites for hydroxylation is 1. The number of nitrogens with zero attached hydrogens (tertiary/aromatic N) is 1. The van der Waals surface area contributed by atoms with Crippen LogP contribution < -0.4 is 16.2 Å². The van der Waals surface area contributed by atoms with Crippen molar-refractivity contribution in [3.8, 4) is 11.1 Å². The molecule has 4 rings (SSSR count). The van der Waals surface area contributed by atoms with Gasteiger partial charge >= 0.3 is 5.69 Å². The van der Waals surface area contributed by atoms with E-state index in [1.165, 1.54) is 0 Å². The number of aromatic nitrogens is 3. The minimum atomic E-state index is -0.383. The zero-order valence-corrected chi connectivity index (χ0v) is 13.9. The first-order valence-corrected chi connectivity index (χ1v) is 8.35. The van der Waals surface area contributed by atoms with Gasteiger partial charge in [0.1, 0.15) is 5.39 Å². The van der Waals surface area contributed by atoms with E-state index in [4.69, 9.17) is 0 Å². The Morgan fingerprint density at radius 2 is 1.84 bits per heavy atom. The summed E-state index contributed by atoms with van der Waals surface area (Å²) in [6.45, 7) is 2.54. The van der Waals surface area contributed by atoms with Gasteiger partial charge in [0.05, 0.1) is 12.7 Å². The van der Waals surface area contributed by atoms with Crippen molar-refractivity contribution in [2.45, 2.75) is 19.9 Å². The number of H-pyrrole nitrogens is 2. The summed E-state index contributed by atoms with van der Waals surface area (Å²) in [6, 6.07) is 16.1. The molecule has 0 saturated heterocycles. The van der Waals surface area contributed by atoms with Gasteiger partial charge in [-0.1, -0.05) is 43.3 Å². The third-order valence-corrected chi connectivity index (χ3v) is 4.45. The number of fused-ring (bicyclic) bond motifs is 2. The molecule has 0 atom stereocenters. The molecule has 0 radical (unpaired) electrons. The molecular formula is C20H18N3O2+. The maximum atomic E-state index is 12.5. The van der Waals surface area contributed by atoms with Crippen molar-refractivity contribution in [1.82, 2.24) is 9.55 Å². The molecule has 0 saturated carbocycles. The van der Waals surface area contributed by atoms with Crippen LogP contribution in [0.15, 0.2) is 64.3 Å². The van der Waals surface area contributed by atoms with Gasteiger partial charge in [-0.05, 0) is 34.9 Å². The number of aromatic amines is 2. The topological polar surface area (TPSA) is 69.0 Å². The Bertz CT molecular complexity index is 1200. The van der Waals surface area contributed by atoms with Gasteiger partial charge in [-0.25, -0.2) is 9.78 Å². The summed E-state index contributed by atoms with van der Waals surface area (Å²) in [5.74, 6) is 0. The Kier molecular flexibility index (Phi) is 3.69. The molecule has 2 heterocycles. The van der Waals surface area contributed by atoms with Crippen LogP contribution in [0, 0.1) is 0 Å². The van der Waals surface area contributed by atoms with Gasteiger partial charge in [0.2, 0.25) is 0 Å². The monoisotopic (exact) mass is 332 g/mol. The second-order valence-corrected chi connectivity index (χ2v) is 6.09. The third-order valence-electron chi connectivity index (χ3n) is 4.45. The van der Waals surface area contributed by atoms with Gasteiger partial charge < -0.3 is 0 Å². The molecule has 0 amide bonds. The highest BCUT2D eigenvalue weighted by Crippen LogP contribution is 2.27. The summed E-state index contributed by atoms with van der Waals surface area (Å²) in [5, 5.41) is 2.76. The van der Waals surface area contributed by atoms with Crippen molar-refractivity contribution in [3.63, 3.8) is 0 Å². The van der Waals surface area contributed by atoms with Crippen LogP contribution in [0.25, 0.3) is 32.9 Å². The van der Waals surface area contributed by atoms with Crippen molar-refractivity contribution >= 4 is 21.8 Å². The summed E-state index contributed by atoms with van der Waals surface area (Å²) < 4.78 is 1.58. The van der Waals surface area contributed by atoms with Crippen LogP contribution >= 0.6 is 0 Å². The fourth-order valence-electron chi connectivity index (χ4n) is 3.29. The van der Waals surface area contributed by atoms with E-state index in [0.717, 1.165) is 28.3 Å². The Morgan fingerprint density at radius 1 is 1.04 bits per heavy atom. The van der Waals surface area contributed by atoms with Gasteiger partial charge in [0.15, 0.2) is 0 Å². The Labute approximate surface area is 143 Å². The van der Waals surface area contributed by atoms with Crippen LogP contribution in [0.1, 0.15) is 13.3 Å². The Morgan fingerprint density at radius 3 is 2.64 bits per heavy atom. The molecule has 5 heteroatoms. The maximum Gasteiger partial charge on any atom is 0.415 e. The molecule has 5 nitrogen and oxygen atoms in total. The second kappa shape index (κ2) is 6.02. The maximum absolute atomic E-state index is 12.5. The average molecular weight is 332 g/mol. The predicted octanol–water partition coefficient (Wildman–Crippen LogP) is 2.73. The molecule has 2 aromatic heterocycles. The van der Waals surface area contributed by atoms with E-state index in [0.29, 0.717) is 17.6 Å². The first kappa shape index (κ1) is 15.3. The lowest BCUT2D eigenvalue weighted by Crippen LogP contribution is -2.34. The van der Waals surface area contributed by atoms with Gasteiger partial charge in [0, 0.05) is 5.56 Å². The van der Waals surface area contributed by atoms with E-state index in [1.54, 1.807) is 10.8 Å². The summed E-state index contributed by atoms with van der Waals surface area (Å²) >= 11 is 0. The normalized spacial score (nSPS) is 11.2. The minimum Gasteiger partial charge on any atom is -0.268 e. The van der Waals surface area contributed by atoms with E-state index in [9.17, 15) is 9.59 Å². The van der Waals surface area contributed by atoms with Crippen LogP contribution in [0.2, 0.25) is 0 Å². The average Bonchev–Trinajstić information content (AvgIpc) is 2.64.